The van der Waals surface area contributed by atoms with Crippen LogP contribution in [0.2, 0.25) is 5.02 Å². The van der Waals surface area contributed by atoms with E-state index < -0.39 is 0 Å². The SMILES string of the molecule is Cc1ccc(Sc2ccc(Cl)cc2CNC2CC2)cc1. The molecule has 0 aromatic heterocycles. The van der Waals surface area contributed by atoms with Crippen molar-refractivity contribution in [3.8, 4) is 0 Å². The molecule has 0 amide bonds. The molecule has 0 unspecified atom stereocenters. The quantitative estimate of drug-likeness (QED) is 0.829. The third kappa shape index (κ3) is 3.78. The van der Waals surface area contributed by atoms with Crippen molar-refractivity contribution < 1.29 is 0 Å². The minimum atomic E-state index is 0.714. The third-order valence-electron chi connectivity index (χ3n) is 3.43. The Morgan fingerprint density at radius 1 is 1.15 bits per heavy atom. The van der Waals surface area contributed by atoms with Crippen molar-refractivity contribution in [3.63, 3.8) is 0 Å². The second-order valence-corrected chi connectivity index (χ2v) is 6.87. The molecule has 1 N–H and O–H groups in total. The van der Waals surface area contributed by atoms with E-state index in [-0.39, 0.29) is 0 Å². The summed E-state index contributed by atoms with van der Waals surface area (Å²) >= 11 is 7.94. The number of hydrogen-bond donors (Lipinski definition) is 1. The number of halogens is 1. The summed E-state index contributed by atoms with van der Waals surface area (Å²) in [4.78, 5) is 2.55. The number of aryl methyl sites for hydroxylation is 1. The summed E-state index contributed by atoms with van der Waals surface area (Å²) in [6, 6.07) is 15.5. The fourth-order valence-corrected chi connectivity index (χ4v) is 3.18. The van der Waals surface area contributed by atoms with Crippen LogP contribution in [0.4, 0.5) is 0 Å². The maximum atomic E-state index is 6.13. The minimum Gasteiger partial charge on any atom is -0.310 e. The smallest absolute Gasteiger partial charge is 0.0410 e. The van der Waals surface area contributed by atoms with Crippen LogP contribution in [0.1, 0.15) is 24.0 Å². The first-order chi connectivity index (χ1) is 9.70. The zero-order valence-electron chi connectivity index (χ0n) is 11.5. The van der Waals surface area contributed by atoms with E-state index in [1.54, 1.807) is 11.8 Å². The van der Waals surface area contributed by atoms with Crippen LogP contribution in [0.5, 0.6) is 0 Å². The van der Waals surface area contributed by atoms with E-state index in [9.17, 15) is 0 Å². The molecule has 1 nitrogen and oxygen atoms in total. The van der Waals surface area contributed by atoms with Gasteiger partial charge in [0, 0.05) is 27.4 Å². The molecule has 2 aromatic carbocycles. The van der Waals surface area contributed by atoms with Gasteiger partial charge in [0.15, 0.2) is 0 Å². The number of rotatable bonds is 5. The Balaban J connectivity index is 1.77. The lowest BCUT2D eigenvalue weighted by atomic mass is 10.2. The predicted octanol–water partition coefficient (Wildman–Crippen LogP) is 5.05. The first kappa shape index (κ1) is 14.0. The largest absolute Gasteiger partial charge is 0.310 e. The van der Waals surface area contributed by atoms with Gasteiger partial charge in [-0.05, 0) is 55.7 Å². The van der Waals surface area contributed by atoms with E-state index in [4.69, 9.17) is 11.6 Å². The average molecular weight is 304 g/mol. The van der Waals surface area contributed by atoms with Gasteiger partial charge in [0.1, 0.15) is 0 Å². The molecule has 3 heteroatoms. The van der Waals surface area contributed by atoms with Gasteiger partial charge in [0.2, 0.25) is 0 Å². The van der Waals surface area contributed by atoms with Gasteiger partial charge in [-0.25, -0.2) is 0 Å². The molecular formula is C17H18ClNS. The summed E-state index contributed by atoms with van der Waals surface area (Å²) in [5.74, 6) is 0. The fraction of sp³-hybridized carbons (Fsp3) is 0.294. The van der Waals surface area contributed by atoms with Crippen molar-refractivity contribution in [2.24, 2.45) is 0 Å². The molecule has 0 radical (unpaired) electrons. The Kier molecular flexibility index (Phi) is 4.35. The number of hydrogen-bond acceptors (Lipinski definition) is 2. The monoisotopic (exact) mass is 303 g/mol. The summed E-state index contributed by atoms with van der Waals surface area (Å²) in [5, 5.41) is 4.37. The lowest BCUT2D eigenvalue weighted by Gasteiger charge is -2.11. The molecule has 0 bridgehead atoms. The van der Waals surface area contributed by atoms with E-state index in [2.05, 4.69) is 48.6 Å². The van der Waals surface area contributed by atoms with Crippen molar-refractivity contribution in [1.29, 1.82) is 0 Å². The predicted molar refractivity (Wildman–Crippen MR) is 86.6 cm³/mol. The fourth-order valence-electron chi connectivity index (χ4n) is 2.06. The van der Waals surface area contributed by atoms with Crippen LogP contribution < -0.4 is 5.32 Å². The van der Waals surface area contributed by atoms with E-state index >= 15 is 0 Å². The molecule has 104 valence electrons. The van der Waals surface area contributed by atoms with Crippen LogP contribution in [0.15, 0.2) is 52.3 Å². The van der Waals surface area contributed by atoms with Gasteiger partial charge in [-0.1, -0.05) is 41.1 Å². The zero-order chi connectivity index (χ0) is 13.9. The van der Waals surface area contributed by atoms with Gasteiger partial charge in [-0.15, -0.1) is 0 Å². The lowest BCUT2D eigenvalue weighted by Crippen LogP contribution is -2.15. The Bertz CT molecular complexity index is 590. The summed E-state index contributed by atoms with van der Waals surface area (Å²) in [6.45, 7) is 3.02. The van der Waals surface area contributed by atoms with Crippen LogP contribution >= 0.6 is 23.4 Å². The molecular weight excluding hydrogens is 286 g/mol. The molecule has 1 aliphatic carbocycles. The summed E-state index contributed by atoms with van der Waals surface area (Å²) in [6.07, 6.45) is 2.61. The Labute approximate surface area is 129 Å². The molecule has 0 saturated heterocycles. The van der Waals surface area contributed by atoms with Crippen LogP contribution in [0, 0.1) is 6.92 Å². The minimum absolute atomic E-state index is 0.714. The summed E-state index contributed by atoms with van der Waals surface area (Å²) in [5.41, 5.74) is 2.58. The van der Waals surface area contributed by atoms with Crippen LogP contribution in [0.25, 0.3) is 0 Å². The topological polar surface area (TPSA) is 12.0 Å². The summed E-state index contributed by atoms with van der Waals surface area (Å²) in [7, 11) is 0. The van der Waals surface area contributed by atoms with Gasteiger partial charge in [-0.2, -0.15) is 0 Å². The highest BCUT2D eigenvalue weighted by Gasteiger charge is 2.20. The maximum Gasteiger partial charge on any atom is 0.0410 e. The Morgan fingerprint density at radius 3 is 2.60 bits per heavy atom. The molecule has 1 aliphatic rings. The second kappa shape index (κ2) is 6.21. The van der Waals surface area contributed by atoms with E-state index in [1.165, 1.54) is 33.8 Å². The number of nitrogens with one attached hydrogen (secondary N) is 1. The average Bonchev–Trinajstić information content (AvgIpc) is 3.25. The molecule has 3 rings (SSSR count). The number of benzene rings is 2. The Morgan fingerprint density at radius 2 is 1.90 bits per heavy atom. The summed E-state index contributed by atoms with van der Waals surface area (Å²) < 4.78 is 0. The van der Waals surface area contributed by atoms with Crippen molar-refractivity contribution in [1.82, 2.24) is 5.32 Å². The molecule has 2 aromatic rings. The second-order valence-electron chi connectivity index (χ2n) is 5.32. The van der Waals surface area contributed by atoms with Gasteiger partial charge in [0.25, 0.3) is 0 Å². The van der Waals surface area contributed by atoms with E-state index in [0.29, 0.717) is 6.04 Å². The molecule has 0 atom stereocenters. The van der Waals surface area contributed by atoms with E-state index in [1.807, 2.05) is 6.07 Å². The molecule has 1 saturated carbocycles. The van der Waals surface area contributed by atoms with Gasteiger partial charge in [-0.3, -0.25) is 0 Å². The van der Waals surface area contributed by atoms with E-state index in [0.717, 1.165) is 11.6 Å². The molecule has 1 fully saturated rings. The molecule has 0 spiro atoms. The highest BCUT2D eigenvalue weighted by molar-refractivity contribution is 7.99. The molecule has 20 heavy (non-hydrogen) atoms. The normalized spacial score (nSPS) is 14.5. The van der Waals surface area contributed by atoms with Crippen LogP contribution in [-0.2, 0) is 6.54 Å². The maximum absolute atomic E-state index is 6.13. The highest BCUT2D eigenvalue weighted by Crippen LogP contribution is 2.32. The van der Waals surface area contributed by atoms with Crippen molar-refractivity contribution in [2.45, 2.75) is 42.1 Å². The van der Waals surface area contributed by atoms with Crippen molar-refractivity contribution in [3.05, 3.63) is 58.6 Å². The first-order valence-electron chi connectivity index (χ1n) is 6.97. The van der Waals surface area contributed by atoms with Gasteiger partial charge < -0.3 is 5.32 Å². The van der Waals surface area contributed by atoms with Gasteiger partial charge in [0.05, 0.1) is 0 Å². The third-order valence-corrected chi connectivity index (χ3v) is 4.79. The highest BCUT2D eigenvalue weighted by atomic mass is 35.5. The standard InChI is InChI=1S/C17H18ClNS/c1-12-2-7-16(8-3-12)20-17-9-4-14(18)10-13(17)11-19-15-5-6-15/h2-4,7-10,15,19H,5-6,11H2,1H3. The van der Waals surface area contributed by atoms with Crippen molar-refractivity contribution >= 4 is 23.4 Å². The van der Waals surface area contributed by atoms with Crippen LogP contribution in [0.3, 0.4) is 0 Å². The van der Waals surface area contributed by atoms with Crippen LogP contribution in [-0.4, -0.2) is 6.04 Å². The Hall–Kier alpha value is -0.960. The first-order valence-corrected chi connectivity index (χ1v) is 8.16. The zero-order valence-corrected chi connectivity index (χ0v) is 13.1. The molecule has 0 heterocycles. The van der Waals surface area contributed by atoms with Crippen molar-refractivity contribution in [2.75, 3.05) is 0 Å². The van der Waals surface area contributed by atoms with Gasteiger partial charge >= 0.3 is 0 Å². The lowest BCUT2D eigenvalue weighted by molar-refractivity contribution is 0.680. The molecule has 0 aliphatic heterocycles.